The smallest absolute Gasteiger partial charge is 0.224 e. The van der Waals surface area contributed by atoms with E-state index in [-0.39, 0.29) is 11.9 Å². The molecule has 1 aromatic rings. The van der Waals surface area contributed by atoms with Crippen LogP contribution in [-0.4, -0.2) is 27.9 Å². The molecule has 0 saturated heterocycles. The number of carbonyl (C=O) groups is 1. The molecule has 1 aliphatic carbocycles. The molecule has 0 bridgehead atoms. The second kappa shape index (κ2) is 5.27. The van der Waals surface area contributed by atoms with Crippen molar-refractivity contribution >= 4 is 5.91 Å². The topological polar surface area (TPSA) is 59.2 Å². The minimum absolute atomic E-state index is 0.0683. The van der Waals surface area contributed by atoms with Crippen molar-refractivity contribution in [3.8, 4) is 0 Å². The fourth-order valence-electron chi connectivity index (χ4n) is 1.88. The Morgan fingerprint density at radius 2 is 2.18 bits per heavy atom. The molecule has 2 N–H and O–H groups in total. The fourth-order valence-corrected chi connectivity index (χ4v) is 1.88. The van der Waals surface area contributed by atoms with Gasteiger partial charge in [-0.25, -0.2) is 0 Å². The fraction of sp³-hybridized carbons (Fsp3) is 0.538. The van der Waals surface area contributed by atoms with Crippen molar-refractivity contribution < 1.29 is 4.79 Å². The van der Waals surface area contributed by atoms with Crippen LogP contribution in [0.1, 0.15) is 31.7 Å². The van der Waals surface area contributed by atoms with Crippen LogP contribution in [0, 0.1) is 0 Å². The zero-order valence-corrected chi connectivity index (χ0v) is 10.2. The average Bonchev–Trinajstić information content (AvgIpc) is 3.10. The summed E-state index contributed by atoms with van der Waals surface area (Å²) in [5, 5.41) is 0. The highest BCUT2D eigenvalue weighted by Gasteiger charge is 2.32. The van der Waals surface area contributed by atoms with Crippen molar-refractivity contribution in [2.45, 2.75) is 44.8 Å². The Balaban J connectivity index is 2.00. The molecule has 0 aromatic carbocycles. The number of rotatable bonds is 5. The Bertz CT molecular complexity index is 374. The molecule has 1 fully saturated rings. The van der Waals surface area contributed by atoms with E-state index in [0.717, 1.165) is 18.4 Å². The number of pyridine rings is 1. The summed E-state index contributed by atoms with van der Waals surface area (Å²) < 4.78 is 0. The largest absolute Gasteiger partial charge is 0.335 e. The number of hydrogen-bond donors (Lipinski definition) is 1. The first-order valence-electron chi connectivity index (χ1n) is 6.11. The third kappa shape index (κ3) is 3.53. The number of nitrogens with zero attached hydrogens (tertiary/aromatic N) is 2. The molecular weight excluding hydrogens is 214 g/mol. The maximum Gasteiger partial charge on any atom is 0.224 e. The summed E-state index contributed by atoms with van der Waals surface area (Å²) in [6.07, 6.45) is 6.19. The van der Waals surface area contributed by atoms with E-state index < -0.39 is 0 Å². The number of hydrogen-bond acceptors (Lipinski definition) is 3. The predicted molar refractivity (Wildman–Crippen MR) is 66.1 cm³/mol. The minimum atomic E-state index is -0.0683. The maximum atomic E-state index is 12.1. The normalized spacial score (nSPS) is 16.6. The zero-order valence-electron chi connectivity index (χ0n) is 10.2. The Kier molecular flexibility index (Phi) is 3.74. The van der Waals surface area contributed by atoms with E-state index in [1.807, 2.05) is 24.0 Å². The van der Waals surface area contributed by atoms with Gasteiger partial charge < -0.3 is 10.6 Å². The van der Waals surface area contributed by atoms with Gasteiger partial charge in [0.15, 0.2) is 0 Å². The van der Waals surface area contributed by atoms with Gasteiger partial charge in [-0.2, -0.15) is 0 Å². The van der Waals surface area contributed by atoms with Crippen molar-refractivity contribution in [1.82, 2.24) is 9.88 Å². The summed E-state index contributed by atoms with van der Waals surface area (Å²) in [4.78, 5) is 18.0. The second-order valence-corrected chi connectivity index (χ2v) is 4.79. The Hall–Kier alpha value is -1.42. The minimum Gasteiger partial charge on any atom is -0.335 e. The summed E-state index contributed by atoms with van der Waals surface area (Å²) >= 11 is 0. The van der Waals surface area contributed by atoms with Crippen LogP contribution < -0.4 is 5.73 Å². The molecule has 0 aliphatic heterocycles. The van der Waals surface area contributed by atoms with Crippen molar-refractivity contribution in [3.05, 3.63) is 30.1 Å². The number of nitrogens with two attached hydrogens (primary N) is 1. The molecule has 1 aromatic heterocycles. The van der Waals surface area contributed by atoms with Gasteiger partial charge in [-0.1, -0.05) is 0 Å². The van der Waals surface area contributed by atoms with Crippen molar-refractivity contribution in [3.63, 3.8) is 0 Å². The quantitative estimate of drug-likeness (QED) is 0.834. The molecule has 0 spiro atoms. The van der Waals surface area contributed by atoms with Gasteiger partial charge in [0.05, 0.1) is 0 Å². The van der Waals surface area contributed by atoms with Crippen molar-refractivity contribution in [2.24, 2.45) is 5.73 Å². The SMILES string of the molecule is C[C@@H](N)CC(=O)N(Cc1ccncc1)C1CC1. The van der Waals surface area contributed by atoms with Crippen LogP contribution in [0.3, 0.4) is 0 Å². The average molecular weight is 233 g/mol. The first-order chi connectivity index (χ1) is 8.16. The summed E-state index contributed by atoms with van der Waals surface area (Å²) in [5.74, 6) is 0.166. The van der Waals surface area contributed by atoms with Crippen LogP contribution in [0.2, 0.25) is 0 Å². The van der Waals surface area contributed by atoms with Gasteiger partial charge in [0.25, 0.3) is 0 Å². The Labute approximate surface area is 102 Å². The number of amides is 1. The van der Waals surface area contributed by atoms with Crippen molar-refractivity contribution in [2.75, 3.05) is 0 Å². The Morgan fingerprint density at radius 1 is 1.53 bits per heavy atom. The molecule has 1 saturated carbocycles. The molecule has 0 radical (unpaired) electrons. The van der Waals surface area contributed by atoms with Gasteiger partial charge in [-0.05, 0) is 37.5 Å². The molecule has 1 amide bonds. The monoisotopic (exact) mass is 233 g/mol. The third-order valence-corrected chi connectivity index (χ3v) is 2.91. The molecule has 92 valence electrons. The summed E-state index contributed by atoms with van der Waals surface area (Å²) in [5.41, 5.74) is 6.82. The molecular formula is C13H19N3O. The summed E-state index contributed by atoms with van der Waals surface area (Å²) in [6, 6.07) is 4.26. The molecule has 1 atom stereocenters. The van der Waals surface area contributed by atoms with E-state index in [0.29, 0.717) is 19.0 Å². The molecule has 4 nitrogen and oxygen atoms in total. The van der Waals surface area contributed by atoms with Crippen LogP contribution in [0.25, 0.3) is 0 Å². The van der Waals surface area contributed by atoms with Gasteiger partial charge in [0, 0.05) is 37.4 Å². The van der Waals surface area contributed by atoms with E-state index in [1.165, 1.54) is 0 Å². The van der Waals surface area contributed by atoms with Gasteiger partial charge in [-0.3, -0.25) is 9.78 Å². The van der Waals surface area contributed by atoms with Crippen LogP contribution in [0.15, 0.2) is 24.5 Å². The highest BCUT2D eigenvalue weighted by molar-refractivity contribution is 5.77. The van der Waals surface area contributed by atoms with Gasteiger partial charge >= 0.3 is 0 Å². The lowest BCUT2D eigenvalue weighted by Crippen LogP contribution is -2.36. The third-order valence-electron chi connectivity index (χ3n) is 2.91. The molecule has 2 rings (SSSR count). The van der Waals surface area contributed by atoms with Crippen LogP contribution in [0.5, 0.6) is 0 Å². The summed E-state index contributed by atoms with van der Waals surface area (Å²) in [7, 11) is 0. The van der Waals surface area contributed by atoms with Crippen LogP contribution in [0.4, 0.5) is 0 Å². The lowest BCUT2D eigenvalue weighted by molar-refractivity contribution is -0.132. The highest BCUT2D eigenvalue weighted by atomic mass is 16.2. The first kappa shape index (κ1) is 12.0. The zero-order chi connectivity index (χ0) is 12.3. The van der Waals surface area contributed by atoms with Crippen LogP contribution >= 0.6 is 0 Å². The highest BCUT2D eigenvalue weighted by Crippen LogP contribution is 2.29. The number of aromatic nitrogens is 1. The maximum absolute atomic E-state index is 12.1. The number of carbonyl (C=O) groups excluding carboxylic acids is 1. The molecule has 17 heavy (non-hydrogen) atoms. The lowest BCUT2D eigenvalue weighted by Gasteiger charge is -2.23. The summed E-state index contributed by atoms with van der Waals surface area (Å²) in [6.45, 7) is 2.55. The van der Waals surface area contributed by atoms with E-state index >= 15 is 0 Å². The second-order valence-electron chi connectivity index (χ2n) is 4.79. The molecule has 0 unspecified atom stereocenters. The van der Waals surface area contributed by atoms with E-state index in [1.54, 1.807) is 12.4 Å². The van der Waals surface area contributed by atoms with Gasteiger partial charge in [0.1, 0.15) is 0 Å². The van der Waals surface area contributed by atoms with E-state index in [2.05, 4.69) is 4.98 Å². The van der Waals surface area contributed by atoms with Crippen molar-refractivity contribution in [1.29, 1.82) is 0 Å². The standard InChI is InChI=1S/C13H19N3O/c1-10(14)8-13(17)16(12-2-3-12)9-11-4-6-15-7-5-11/h4-7,10,12H,2-3,8-9,14H2,1H3/t10-/m1/s1. The van der Waals surface area contributed by atoms with E-state index in [4.69, 9.17) is 5.73 Å². The van der Waals surface area contributed by atoms with Crippen LogP contribution in [-0.2, 0) is 11.3 Å². The molecule has 4 heteroatoms. The van der Waals surface area contributed by atoms with Gasteiger partial charge in [-0.15, -0.1) is 0 Å². The molecule has 1 aliphatic rings. The molecule has 1 heterocycles. The lowest BCUT2D eigenvalue weighted by atomic mass is 10.2. The van der Waals surface area contributed by atoms with E-state index in [9.17, 15) is 4.79 Å². The first-order valence-corrected chi connectivity index (χ1v) is 6.11. The van der Waals surface area contributed by atoms with Gasteiger partial charge in [0.2, 0.25) is 5.91 Å². The predicted octanol–water partition coefficient (Wildman–Crippen LogP) is 1.31. The Morgan fingerprint density at radius 3 is 2.71 bits per heavy atom.